The van der Waals surface area contributed by atoms with E-state index in [2.05, 4.69) is 20.9 Å². The van der Waals surface area contributed by atoms with Crippen molar-refractivity contribution in [2.75, 3.05) is 6.61 Å². The van der Waals surface area contributed by atoms with Gasteiger partial charge in [0, 0.05) is 23.5 Å². The third kappa shape index (κ3) is 2.58. The molecule has 1 aliphatic rings. The number of imidazole rings is 1. The SMILES string of the molecule is Fc1ccc(Br)cc1-c1nccn1C1CCCCO1. The van der Waals surface area contributed by atoms with Crippen molar-refractivity contribution < 1.29 is 9.13 Å². The van der Waals surface area contributed by atoms with Gasteiger partial charge in [-0.3, -0.25) is 0 Å². The topological polar surface area (TPSA) is 27.1 Å². The standard InChI is InChI=1S/C14H14BrFN2O/c15-10-4-5-12(16)11(9-10)14-17-6-7-18(14)13-3-1-2-8-19-13/h4-7,9,13H,1-3,8H2. The molecular weight excluding hydrogens is 311 g/mol. The minimum absolute atomic E-state index is 0.0374. The van der Waals surface area contributed by atoms with Crippen molar-refractivity contribution in [1.29, 1.82) is 0 Å². The lowest BCUT2D eigenvalue weighted by molar-refractivity contribution is -0.0309. The van der Waals surface area contributed by atoms with E-state index in [1.807, 2.05) is 10.8 Å². The summed E-state index contributed by atoms with van der Waals surface area (Å²) in [5, 5.41) is 0. The highest BCUT2D eigenvalue weighted by Gasteiger charge is 2.20. The third-order valence-electron chi connectivity index (χ3n) is 3.30. The maximum Gasteiger partial charge on any atom is 0.145 e. The second-order valence-corrected chi connectivity index (χ2v) is 5.52. The van der Waals surface area contributed by atoms with E-state index in [0.717, 1.165) is 30.3 Å². The van der Waals surface area contributed by atoms with Gasteiger partial charge in [0.25, 0.3) is 0 Å². The van der Waals surface area contributed by atoms with Crippen LogP contribution >= 0.6 is 15.9 Å². The molecule has 0 spiro atoms. The minimum atomic E-state index is -0.272. The Labute approximate surface area is 119 Å². The molecular formula is C14H14BrFN2O. The molecule has 0 radical (unpaired) electrons. The molecule has 0 amide bonds. The van der Waals surface area contributed by atoms with Gasteiger partial charge >= 0.3 is 0 Å². The normalized spacial score (nSPS) is 19.6. The lowest BCUT2D eigenvalue weighted by Crippen LogP contribution is -2.18. The molecule has 1 fully saturated rings. The molecule has 1 atom stereocenters. The summed E-state index contributed by atoms with van der Waals surface area (Å²) in [6.45, 7) is 0.753. The van der Waals surface area contributed by atoms with Crippen LogP contribution < -0.4 is 0 Å². The Morgan fingerprint density at radius 3 is 3.05 bits per heavy atom. The van der Waals surface area contributed by atoms with Crippen LogP contribution in [-0.4, -0.2) is 16.2 Å². The number of nitrogens with zero attached hydrogens (tertiary/aromatic N) is 2. The number of halogens is 2. The Balaban J connectivity index is 2.01. The third-order valence-corrected chi connectivity index (χ3v) is 3.80. The molecule has 3 rings (SSSR count). The van der Waals surface area contributed by atoms with Crippen LogP contribution in [-0.2, 0) is 4.74 Å². The summed E-state index contributed by atoms with van der Waals surface area (Å²) in [5.41, 5.74) is 0.494. The van der Waals surface area contributed by atoms with Gasteiger partial charge in [0.1, 0.15) is 17.9 Å². The highest BCUT2D eigenvalue weighted by Crippen LogP contribution is 2.30. The molecule has 1 aromatic heterocycles. The van der Waals surface area contributed by atoms with Crippen molar-refractivity contribution in [2.45, 2.75) is 25.5 Å². The van der Waals surface area contributed by atoms with Crippen LogP contribution in [0.2, 0.25) is 0 Å². The van der Waals surface area contributed by atoms with Gasteiger partial charge in [0.15, 0.2) is 0 Å². The molecule has 1 aliphatic heterocycles. The first kappa shape index (κ1) is 12.8. The number of benzene rings is 1. The second-order valence-electron chi connectivity index (χ2n) is 4.60. The van der Waals surface area contributed by atoms with Crippen LogP contribution in [0.4, 0.5) is 4.39 Å². The van der Waals surface area contributed by atoms with Crippen molar-refractivity contribution in [3.63, 3.8) is 0 Å². The fourth-order valence-corrected chi connectivity index (χ4v) is 2.73. The summed E-state index contributed by atoms with van der Waals surface area (Å²) in [6.07, 6.45) is 6.66. The van der Waals surface area contributed by atoms with E-state index in [-0.39, 0.29) is 12.0 Å². The van der Waals surface area contributed by atoms with Gasteiger partial charge in [0.2, 0.25) is 0 Å². The Morgan fingerprint density at radius 2 is 2.26 bits per heavy atom. The molecule has 1 aromatic carbocycles. The van der Waals surface area contributed by atoms with Crippen molar-refractivity contribution >= 4 is 15.9 Å². The van der Waals surface area contributed by atoms with Crippen LogP contribution in [0.5, 0.6) is 0 Å². The van der Waals surface area contributed by atoms with E-state index in [4.69, 9.17) is 4.74 Å². The zero-order valence-electron chi connectivity index (χ0n) is 10.4. The first-order valence-electron chi connectivity index (χ1n) is 6.35. The highest BCUT2D eigenvalue weighted by molar-refractivity contribution is 9.10. The van der Waals surface area contributed by atoms with E-state index in [0.29, 0.717) is 11.4 Å². The van der Waals surface area contributed by atoms with Gasteiger partial charge in [0.05, 0.1) is 5.56 Å². The Hall–Kier alpha value is -1.20. The molecule has 2 heterocycles. The number of ether oxygens (including phenoxy) is 1. The molecule has 5 heteroatoms. The van der Waals surface area contributed by atoms with Crippen LogP contribution in [0.1, 0.15) is 25.5 Å². The van der Waals surface area contributed by atoms with Crippen LogP contribution in [0, 0.1) is 5.82 Å². The number of rotatable bonds is 2. The first-order valence-corrected chi connectivity index (χ1v) is 7.15. The Kier molecular flexibility index (Phi) is 3.66. The van der Waals surface area contributed by atoms with E-state index in [1.165, 1.54) is 6.07 Å². The van der Waals surface area contributed by atoms with Gasteiger partial charge in [-0.2, -0.15) is 0 Å². The van der Waals surface area contributed by atoms with E-state index in [9.17, 15) is 4.39 Å². The minimum Gasteiger partial charge on any atom is -0.358 e. The van der Waals surface area contributed by atoms with Gasteiger partial charge in [-0.05, 0) is 37.5 Å². The van der Waals surface area contributed by atoms with E-state index < -0.39 is 0 Å². The fraction of sp³-hybridized carbons (Fsp3) is 0.357. The first-order chi connectivity index (χ1) is 9.25. The summed E-state index contributed by atoms with van der Waals surface area (Å²) in [7, 11) is 0. The Morgan fingerprint density at radius 1 is 1.37 bits per heavy atom. The predicted octanol–water partition coefficient (Wildman–Crippen LogP) is 4.15. The van der Waals surface area contributed by atoms with Gasteiger partial charge in [-0.1, -0.05) is 15.9 Å². The summed E-state index contributed by atoms with van der Waals surface area (Å²) in [5.74, 6) is 0.345. The highest BCUT2D eigenvalue weighted by atomic mass is 79.9. The summed E-state index contributed by atoms with van der Waals surface area (Å²) in [6, 6.07) is 4.88. The van der Waals surface area contributed by atoms with Gasteiger partial charge < -0.3 is 9.30 Å². The smallest absolute Gasteiger partial charge is 0.145 e. The van der Waals surface area contributed by atoms with Crippen LogP contribution in [0.3, 0.4) is 0 Å². The van der Waals surface area contributed by atoms with Gasteiger partial charge in [-0.25, -0.2) is 9.37 Å². The molecule has 19 heavy (non-hydrogen) atoms. The van der Waals surface area contributed by atoms with E-state index >= 15 is 0 Å². The van der Waals surface area contributed by atoms with Gasteiger partial charge in [-0.15, -0.1) is 0 Å². The average molecular weight is 325 g/mol. The van der Waals surface area contributed by atoms with Crippen molar-refractivity contribution in [3.8, 4) is 11.4 Å². The maximum atomic E-state index is 14.0. The quantitative estimate of drug-likeness (QED) is 0.829. The molecule has 3 nitrogen and oxygen atoms in total. The lowest BCUT2D eigenvalue weighted by atomic mass is 10.1. The van der Waals surface area contributed by atoms with Crippen molar-refractivity contribution in [2.24, 2.45) is 0 Å². The molecule has 100 valence electrons. The molecule has 2 aromatic rings. The predicted molar refractivity (Wildman–Crippen MR) is 74.2 cm³/mol. The number of hydrogen-bond donors (Lipinski definition) is 0. The van der Waals surface area contributed by atoms with Crippen LogP contribution in [0.25, 0.3) is 11.4 Å². The second kappa shape index (κ2) is 5.43. The molecule has 0 saturated carbocycles. The largest absolute Gasteiger partial charge is 0.358 e. The zero-order chi connectivity index (χ0) is 13.2. The van der Waals surface area contributed by atoms with Crippen molar-refractivity contribution in [1.82, 2.24) is 9.55 Å². The fourth-order valence-electron chi connectivity index (χ4n) is 2.37. The maximum absolute atomic E-state index is 14.0. The zero-order valence-corrected chi connectivity index (χ0v) is 11.9. The van der Waals surface area contributed by atoms with Crippen LogP contribution in [0.15, 0.2) is 35.1 Å². The molecule has 1 unspecified atom stereocenters. The molecule has 1 saturated heterocycles. The average Bonchev–Trinajstić information content (AvgIpc) is 2.91. The summed E-state index contributed by atoms with van der Waals surface area (Å²) >= 11 is 3.37. The molecule has 0 N–H and O–H groups in total. The van der Waals surface area contributed by atoms with E-state index in [1.54, 1.807) is 18.3 Å². The monoisotopic (exact) mass is 324 g/mol. The molecule has 0 aliphatic carbocycles. The van der Waals surface area contributed by atoms with Crippen molar-refractivity contribution in [3.05, 3.63) is 40.9 Å². The lowest BCUT2D eigenvalue weighted by Gasteiger charge is -2.25. The summed E-state index contributed by atoms with van der Waals surface area (Å²) < 4.78 is 22.5. The molecule has 0 bridgehead atoms. The Bertz CT molecular complexity index is 579. The summed E-state index contributed by atoms with van der Waals surface area (Å²) in [4.78, 5) is 4.29. The number of hydrogen-bond acceptors (Lipinski definition) is 2. The number of aromatic nitrogens is 2.